The molecule has 3 aromatic carbocycles. The molecule has 0 saturated heterocycles. The van der Waals surface area contributed by atoms with Gasteiger partial charge < -0.3 is 10.4 Å². The quantitative estimate of drug-likeness (QED) is 0.276. The van der Waals surface area contributed by atoms with Gasteiger partial charge in [0.15, 0.2) is 0 Å². The Bertz CT molecular complexity index is 1210. The Morgan fingerprint density at radius 2 is 1.67 bits per heavy atom. The number of carboxylic acid groups (broad SMARTS) is 1. The van der Waals surface area contributed by atoms with Crippen molar-refractivity contribution >= 4 is 16.9 Å². The van der Waals surface area contributed by atoms with Gasteiger partial charge in [-0.05, 0) is 61.1 Å². The predicted octanol–water partition coefficient (Wildman–Crippen LogP) is 6.55. The van der Waals surface area contributed by atoms with Crippen LogP contribution < -0.4 is 5.32 Å². The number of carbonyl (C=O) groups is 1. The van der Waals surface area contributed by atoms with Crippen molar-refractivity contribution < 1.29 is 9.90 Å². The van der Waals surface area contributed by atoms with Crippen LogP contribution in [0, 0.1) is 0 Å². The Hall–Kier alpha value is -3.50. The van der Waals surface area contributed by atoms with Crippen LogP contribution >= 0.6 is 0 Å². The SMILES string of the molecule is CC(NCc1ccc2nc(-c3ccccc3)c(CCCCC(=O)O)cc2c1)c1ccccc1. The van der Waals surface area contributed by atoms with Crippen LogP contribution in [0.1, 0.15) is 48.9 Å². The number of nitrogens with one attached hydrogen (secondary N) is 1. The van der Waals surface area contributed by atoms with Crippen LogP contribution in [0.15, 0.2) is 84.9 Å². The fraction of sp³-hybridized carbons (Fsp3) is 0.241. The van der Waals surface area contributed by atoms with E-state index in [0.29, 0.717) is 6.42 Å². The van der Waals surface area contributed by atoms with Crippen LogP contribution in [-0.4, -0.2) is 16.1 Å². The fourth-order valence-electron chi connectivity index (χ4n) is 4.14. The van der Waals surface area contributed by atoms with E-state index in [4.69, 9.17) is 10.1 Å². The number of nitrogens with zero attached hydrogens (tertiary/aromatic N) is 1. The van der Waals surface area contributed by atoms with Gasteiger partial charge in [0.1, 0.15) is 0 Å². The molecule has 0 bridgehead atoms. The van der Waals surface area contributed by atoms with Gasteiger partial charge in [-0.1, -0.05) is 66.7 Å². The van der Waals surface area contributed by atoms with E-state index in [-0.39, 0.29) is 12.5 Å². The van der Waals surface area contributed by atoms with Crippen molar-refractivity contribution in [3.8, 4) is 11.3 Å². The summed E-state index contributed by atoms with van der Waals surface area (Å²) >= 11 is 0. The molecular weight excluding hydrogens is 408 g/mol. The highest BCUT2D eigenvalue weighted by molar-refractivity contribution is 5.84. The monoisotopic (exact) mass is 438 g/mol. The number of fused-ring (bicyclic) bond motifs is 1. The molecule has 0 aliphatic heterocycles. The summed E-state index contributed by atoms with van der Waals surface area (Å²) in [4.78, 5) is 15.9. The molecule has 0 aliphatic carbocycles. The lowest BCUT2D eigenvalue weighted by molar-refractivity contribution is -0.137. The first-order chi connectivity index (χ1) is 16.1. The summed E-state index contributed by atoms with van der Waals surface area (Å²) in [6.45, 7) is 2.96. The first-order valence-corrected chi connectivity index (χ1v) is 11.6. The zero-order valence-electron chi connectivity index (χ0n) is 19.0. The molecule has 168 valence electrons. The number of benzene rings is 3. The van der Waals surface area contributed by atoms with Gasteiger partial charge in [0.05, 0.1) is 11.2 Å². The maximum absolute atomic E-state index is 10.9. The Kier molecular flexibility index (Phi) is 7.48. The normalized spacial score (nSPS) is 12.0. The summed E-state index contributed by atoms with van der Waals surface area (Å²) in [6, 6.07) is 29.6. The summed E-state index contributed by atoms with van der Waals surface area (Å²) in [5, 5.41) is 13.7. The third-order valence-electron chi connectivity index (χ3n) is 6.00. The average molecular weight is 439 g/mol. The van der Waals surface area contributed by atoms with Gasteiger partial charge in [0.25, 0.3) is 0 Å². The predicted molar refractivity (Wildman–Crippen MR) is 134 cm³/mol. The molecule has 4 nitrogen and oxygen atoms in total. The molecule has 1 aromatic heterocycles. The first kappa shape index (κ1) is 22.7. The minimum Gasteiger partial charge on any atom is -0.481 e. The zero-order valence-corrected chi connectivity index (χ0v) is 19.0. The second-order valence-electron chi connectivity index (χ2n) is 8.50. The van der Waals surface area contributed by atoms with E-state index < -0.39 is 5.97 Å². The number of pyridine rings is 1. The van der Waals surface area contributed by atoms with E-state index in [9.17, 15) is 4.79 Å². The van der Waals surface area contributed by atoms with Gasteiger partial charge in [-0.3, -0.25) is 4.79 Å². The molecule has 4 heteroatoms. The third-order valence-corrected chi connectivity index (χ3v) is 6.00. The van der Waals surface area contributed by atoms with Gasteiger partial charge in [0.2, 0.25) is 0 Å². The second kappa shape index (κ2) is 10.9. The van der Waals surface area contributed by atoms with E-state index >= 15 is 0 Å². The largest absolute Gasteiger partial charge is 0.481 e. The maximum atomic E-state index is 10.9. The lowest BCUT2D eigenvalue weighted by atomic mass is 9.98. The van der Waals surface area contributed by atoms with E-state index in [1.165, 1.54) is 16.7 Å². The molecule has 0 saturated carbocycles. The van der Waals surface area contributed by atoms with Crippen molar-refractivity contribution in [2.45, 2.75) is 45.2 Å². The summed E-state index contributed by atoms with van der Waals surface area (Å²) in [6.07, 6.45) is 2.52. The molecule has 33 heavy (non-hydrogen) atoms. The molecule has 1 unspecified atom stereocenters. The summed E-state index contributed by atoms with van der Waals surface area (Å²) in [5.74, 6) is -0.739. The molecule has 2 N–H and O–H groups in total. The number of hydrogen-bond donors (Lipinski definition) is 2. The van der Waals surface area contributed by atoms with E-state index in [2.05, 4.69) is 72.9 Å². The third kappa shape index (κ3) is 6.05. The first-order valence-electron chi connectivity index (χ1n) is 11.6. The van der Waals surface area contributed by atoms with Crippen LogP contribution in [0.5, 0.6) is 0 Å². The van der Waals surface area contributed by atoms with Crippen molar-refractivity contribution in [2.75, 3.05) is 0 Å². The lowest BCUT2D eigenvalue weighted by Crippen LogP contribution is -2.17. The van der Waals surface area contributed by atoms with Crippen LogP contribution in [0.25, 0.3) is 22.2 Å². The molecule has 1 heterocycles. The molecule has 0 amide bonds. The summed E-state index contributed by atoms with van der Waals surface area (Å²) < 4.78 is 0. The minimum atomic E-state index is -0.739. The van der Waals surface area contributed by atoms with E-state index in [1.807, 2.05) is 24.3 Å². The number of rotatable bonds is 10. The molecule has 4 aromatic rings. The number of unbranched alkanes of at least 4 members (excludes halogenated alkanes) is 1. The Morgan fingerprint density at radius 1 is 0.939 bits per heavy atom. The van der Waals surface area contributed by atoms with Crippen LogP contribution in [0.2, 0.25) is 0 Å². The van der Waals surface area contributed by atoms with Crippen molar-refractivity contribution in [1.82, 2.24) is 10.3 Å². The molecule has 0 aliphatic rings. The summed E-state index contributed by atoms with van der Waals surface area (Å²) in [7, 11) is 0. The zero-order chi connectivity index (χ0) is 23.0. The van der Waals surface area contributed by atoms with Crippen LogP contribution in [0.3, 0.4) is 0 Å². The van der Waals surface area contributed by atoms with E-state index in [0.717, 1.165) is 41.5 Å². The van der Waals surface area contributed by atoms with Gasteiger partial charge in [-0.15, -0.1) is 0 Å². The van der Waals surface area contributed by atoms with Gasteiger partial charge in [0, 0.05) is 30.0 Å². The lowest BCUT2D eigenvalue weighted by Gasteiger charge is -2.15. The Morgan fingerprint density at radius 3 is 2.39 bits per heavy atom. The highest BCUT2D eigenvalue weighted by atomic mass is 16.4. The number of hydrogen-bond acceptors (Lipinski definition) is 3. The minimum absolute atomic E-state index is 0.205. The molecule has 0 spiro atoms. The maximum Gasteiger partial charge on any atom is 0.303 e. The van der Waals surface area contributed by atoms with Crippen LogP contribution in [0.4, 0.5) is 0 Å². The van der Waals surface area contributed by atoms with Crippen molar-refractivity contribution in [3.63, 3.8) is 0 Å². The molecular formula is C29H30N2O2. The van der Waals surface area contributed by atoms with Gasteiger partial charge >= 0.3 is 5.97 Å². The second-order valence-corrected chi connectivity index (χ2v) is 8.50. The average Bonchev–Trinajstić information content (AvgIpc) is 2.85. The molecule has 4 rings (SSSR count). The topological polar surface area (TPSA) is 62.2 Å². The molecule has 0 radical (unpaired) electrons. The standard InChI is InChI=1S/C29H30N2O2/c1-21(23-10-4-2-5-11-23)30-20-22-16-17-27-26(18-22)19-25(14-8-9-15-28(32)33)29(31-27)24-12-6-3-7-13-24/h2-7,10-13,16-19,21,30H,8-9,14-15,20H2,1H3,(H,32,33). The Labute approximate surface area is 195 Å². The van der Waals surface area contributed by atoms with Gasteiger partial charge in [-0.25, -0.2) is 4.98 Å². The number of aryl methyl sites for hydroxylation is 1. The highest BCUT2D eigenvalue weighted by Gasteiger charge is 2.11. The smallest absolute Gasteiger partial charge is 0.303 e. The van der Waals surface area contributed by atoms with Crippen LogP contribution in [-0.2, 0) is 17.8 Å². The summed E-state index contributed by atoms with van der Waals surface area (Å²) in [5.41, 5.74) is 6.72. The number of aromatic nitrogens is 1. The van der Waals surface area contributed by atoms with Crippen molar-refractivity contribution in [2.24, 2.45) is 0 Å². The molecule has 0 fully saturated rings. The molecule has 1 atom stereocenters. The van der Waals surface area contributed by atoms with Gasteiger partial charge in [-0.2, -0.15) is 0 Å². The highest BCUT2D eigenvalue weighted by Crippen LogP contribution is 2.28. The van der Waals surface area contributed by atoms with Crippen molar-refractivity contribution in [1.29, 1.82) is 0 Å². The number of aliphatic carboxylic acids is 1. The van der Waals surface area contributed by atoms with Crippen molar-refractivity contribution in [3.05, 3.63) is 102 Å². The van der Waals surface area contributed by atoms with E-state index in [1.54, 1.807) is 0 Å². The fourth-order valence-corrected chi connectivity index (χ4v) is 4.14. The number of carboxylic acids is 1. The Balaban J connectivity index is 1.57.